The highest BCUT2D eigenvalue weighted by molar-refractivity contribution is 5.51. The van der Waals surface area contributed by atoms with E-state index < -0.39 is 0 Å². The third kappa shape index (κ3) is 2.82. The van der Waals surface area contributed by atoms with Gasteiger partial charge in [0, 0.05) is 6.20 Å². The van der Waals surface area contributed by atoms with Gasteiger partial charge in [-0.05, 0) is 25.0 Å². The third-order valence-corrected chi connectivity index (χ3v) is 1.87. The molecule has 2 nitrogen and oxygen atoms in total. The van der Waals surface area contributed by atoms with Gasteiger partial charge in [-0.15, -0.1) is 0 Å². The van der Waals surface area contributed by atoms with Gasteiger partial charge in [0.1, 0.15) is 6.33 Å². The number of hydrogen-bond acceptors (Lipinski definition) is 2. The Morgan fingerprint density at radius 3 is 3.00 bits per heavy atom. The first-order valence-corrected chi connectivity index (χ1v) is 4.36. The maximum Gasteiger partial charge on any atom is 0.116 e. The fourth-order valence-electron chi connectivity index (χ4n) is 0.898. The van der Waals surface area contributed by atoms with E-state index in [0.29, 0.717) is 0 Å². The quantitative estimate of drug-likeness (QED) is 0.658. The zero-order valence-corrected chi connectivity index (χ0v) is 8.12. The molecule has 1 aromatic heterocycles. The molecule has 0 aliphatic rings. The van der Waals surface area contributed by atoms with Crippen LogP contribution in [0.1, 0.15) is 24.6 Å². The van der Waals surface area contributed by atoms with Crippen LogP contribution in [0.2, 0.25) is 0 Å². The Bertz CT molecular complexity index is 327. The van der Waals surface area contributed by atoms with E-state index in [4.69, 9.17) is 0 Å². The number of aryl methyl sites for hydroxylation is 1. The number of allylic oxidation sites excluding steroid dienone is 2. The normalized spacial score (nSPS) is 10.6. The lowest BCUT2D eigenvalue weighted by atomic mass is 10.2. The van der Waals surface area contributed by atoms with Crippen molar-refractivity contribution in [1.29, 1.82) is 0 Å². The first-order chi connectivity index (χ1) is 6.24. The molecule has 1 rings (SSSR count). The van der Waals surface area contributed by atoms with Gasteiger partial charge in [0.15, 0.2) is 0 Å². The van der Waals surface area contributed by atoms with Gasteiger partial charge in [0.05, 0.1) is 5.69 Å². The van der Waals surface area contributed by atoms with E-state index in [1.807, 2.05) is 19.1 Å². The molecule has 68 valence electrons. The van der Waals surface area contributed by atoms with Crippen molar-refractivity contribution in [2.24, 2.45) is 0 Å². The van der Waals surface area contributed by atoms with Crippen LogP contribution in [0, 0.1) is 6.92 Å². The number of rotatable bonds is 3. The first kappa shape index (κ1) is 9.65. The van der Waals surface area contributed by atoms with E-state index in [1.54, 1.807) is 12.5 Å². The third-order valence-electron chi connectivity index (χ3n) is 1.87. The van der Waals surface area contributed by atoms with E-state index in [1.165, 1.54) is 0 Å². The Kier molecular flexibility index (Phi) is 3.38. The summed E-state index contributed by atoms with van der Waals surface area (Å²) in [7, 11) is 0. The summed E-state index contributed by atoms with van der Waals surface area (Å²) in [5, 5.41) is 0. The predicted molar refractivity (Wildman–Crippen MR) is 55.2 cm³/mol. The zero-order valence-electron chi connectivity index (χ0n) is 8.12. The molecule has 0 N–H and O–H groups in total. The average molecular weight is 174 g/mol. The lowest BCUT2D eigenvalue weighted by molar-refractivity contribution is 1.11. The van der Waals surface area contributed by atoms with Crippen molar-refractivity contribution in [2.45, 2.75) is 20.3 Å². The molecular formula is C11H14N2. The molecule has 0 aromatic carbocycles. The minimum Gasteiger partial charge on any atom is -0.245 e. The van der Waals surface area contributed by atoms with Crippen molar-refractivity contribution in [3.8, 4) is 0 Å². The molecule has 0 saturated carbocycles. The summed E-state index contributed by atoms with van der Waals surface area (Å²) in [6.07, 6.45) is 8.31. The minimum atomic E-state index is 0.963. The fraction of sp³-hybridized carbons (Fsp3) is 0.273. The molecule has 0 spiro atoms. The highest BCUT2D eigenvalue weighted by atomic mass is 14.8. The SMILES string of the molecule is C=C(/C=C\c1ncncc1C)CC. The van der Waals surface area contributed by atoms with Crippen molar-refractivity contribution in [3.05, 3.63) is 42.0 Å². The zero-order chi connectivity index (χ0) is 9.68. The van der Waals surface area contributed by atoms with Crippen molar-refractivity contribution >= 4 is 6.08 Å². The Morgan fingerprint density at radius 2 is 2.38 bits per heavy atom. The Balaban J connectivity index is 2.80. The summed E-state index contributed by atoms with van der Waals surface area (Å²) < 4.78 is 0. The molecule has 0 amide bonds. The van der Waals surface area contributed by atoms with Crippen molar-refractivity contribution in [3.63, 3.8) is 0 Å². The molecule has 13 heavy (non-hydrogen) atoms. The molecule has 0 fully saturated rings. The maximum absolute atomic E-state index is 4.15. The monoisotopic (exact) mass is 174 g/mol. The minimum absolute atomic E-state index is 0.963. The second kappa shape index (κ2) is 4.55. The molecule has 2 heteroatoms. The Morgan fingerprint density at radius 1 is 1.62 bits per heavy atom. The summed E-state index contributed by atoms with van der Waals surface area (Å²) >= 11 is 0. The van der Waals surface area contributed by atoms with Gasteiger partial charge < -0.3 is 0 Å². The van der Waals surface area contributed by atoms with Crippen LogP contribution >= 0.6 is 0 Å². The van der Waals surface area contributed by atoms with E-state index in [-0.39, 0.29) is 0 Å². The lowest BCUT2D eigenvalue weighted by Crippen LogP contribution is -1.87. The maximum atomic E-state index is 4.15. The van der Waals surface area contributed by atoms with Crippen molar-refractivity contribution < 1.29 is 0 Å². The van der Waals surface area contributed by atoms with E-state index in [2.05, 4.69) is 23.5 Å². The summed E-state index contributed by atoms with van der Waals surface area (Å²) in [5.74, 6) is 0. The van der Waals surface area contributed by atoms with Gasteiger partial charge in [-0.1, -0.05) is 25.2 Å². The average Bonchev–Trinajstić information content (AvgIpc) is 2.16. The summed E-state index contributed by atoms with van der Waals surface area (Å²) in [4.78, 5) is 8.07. The fourth-order valence-corrected chi connectivity index (χ4v) is 0.898. The summed E-state index contributed by atoms with van der Waals surface area (Å²) in [5.41, 5.74) is 3.16. The number of hydrogen-bond donors (Lipinski definition) is 0. The van der Waals surface area contributed by atoms with Gasteiger partial charge in [0.2, 0.25) is 0 Å². The van der Waals surface area contributed by atoms with Gasteiger partial charge in [0.25, 0.3) is 0 Å². The van der Waals surface area contributed by atoms with Crippen LogP contribution in [-0.4, -0.2) is 9.97 Å². The molecule has 0 atom stereocenters. The van der Waals surface area contributed by atoms with Crippen LogP contribution in [-0.2, 0) is 0 Å². The van der Waals surface area contributed by atoms with Crippen LogP contribution in [0.4, 0.5) is 0 Å². The number of aromatic nitrogens is 2. The molecule has 0 aliphatic carbocycles. The Hall–Kier alpha value is -1.44. The largest absolute Gasteiger partial charge is 0.245 e. The van der Waals surface area contributed by atoms with E-state index >= 15 is 0 Å². The Labute approximate surface area is 79.0 Å². The molecule has 0 aliphatic heterocycles. The molecule has 1 aromatic rings. The molecule has 0 bridgehead atoms. The molecule has 1 heterocycles. The van der Waals surface area contributed by atoms with Gasteiger partial charge in [-0.3, -0.25) is 0 Å². The topological polar surface area (TPSA) is 25.8 Å². The predicted octanol–water partition coefficient (Wildman–Crippen LogP) is 2.76. The van der Waals surface area contributed by atoms with Crippen LogP contribution in [0.5, 0.6) is 0 Å². The summed E-state index contributed by atoms with van der Waals surface area (Å²) in [6, 6.07) is 0. The van der Waals surface area contributed by atoms with Crippen molar-refractivity contribution in [2.75, 3.05) is 0 Å². The summed E-state index contributed by atoms with van der Waals surface area (Å²) in [6.45, 7) is 7.96. The second-order valence-corrected chi connectivity index (χ2v) is 2.94. The highest BCUT2D eigenvalue weighted by Crippen LogP contribution is 2.06. The van der Waals surface area contributed by atoms with Crippen LogP contribution in [0.15, 0.2) is 30.8 Å². The van der Waals surface area contributed by atoms with Crippen LogP contribution in [0.25, 0.3) is 6.08 Å². The van der Waals surface area contributed by atoms with Gasteiger partial charge in [-0.2, -0.15) is 0 Å². The smallest absolute Gasteiger partial charge is 0.116 e. The second-order valence-electron chi connectivity index (χ2n) is 2.94. The van der Waals surface area contributed by atoms with Crippen molar-refractivity contribution in [1.82, 2.24) is 9.97 Å². The first-order valence-electron chi connectivity index (χ1n) is 4.36. The molecule has 0 radical (unpaired) electrons. The van der Waals surface area contributed by atoms with Gasteiger partial charge >= 0.3 is 0 Å². The van der Waals surface area contributed by atoms with E-state index in [0.717, 1.165) is 23.3 Å². The number of nitrogens with zero attached hydrogens (tertiary/aromatic N) is 2. The lowest BCUT2D eigenvalue weighted by Gasteiger charge is -1.96. The molecule has 0 unspecified atom stereocenters. The standard InChI is InChI=1S/C11H14N2/c1-4-9(2)5-6-11-10(3)7-12-8-13-11/h5-8H,2,4H2,1,3H3/b6-5-. The molecular weight excluding hydrogens is 160 g/mol. The van der Waals surface area contributed by atoms with Crippen LogP contribution in [0.3, 0.4) is 0 Å². The van der Waals surface area contributed by atoms with Crippen LogP contribution < -0.4 is 0 Å². The van der Waals surface area contributed by atoms with E-state index in [9.17, 15) is 0 Å². The highest BCUT2D eigenvalue weighted by Gasteiger charge is 1.92. The molecule has 0 saturated heterocycles. The van der Waals surface area contributed by atoms with Gasteiger partial charge in [-0.25, -0.2) is 9.97 Å².